The predicted octanol–water partition coefficient (Wildman–Crippen LogP) is 2.24. The van der Waals surface area contributed by atoms with E-state index in [1.807, 2.05) is 30.9 Å². The van der Waals surface area contributed by atoms with Crippen LogP contribution in [0.25, 0.3) is 0 Å². The molecule has 1 amide bonds. The molecule has 1 aliphatic rings. The van der Waals surface area contributed by atoms with Gasteiger partial charge in [0.2, 0.25) is 5.91 Å². The lowest BCUT2D eigenvalue weighted by Gasteiger charge is -2.18. The first-order valence-electron chi connectivity index (χ1n) is 8.48. The second-order valence-electron chi connectivity index (χ2n) is 5.83. The van der Waals surface area contributed by atoms with Crippen molar-refractivity contribution in [1.82, 2.24) is 15.5 Å². The molecule has 0 aliphatic carbocycles. The molecule has 2 rings (SSSR count). The zero-order valence-corrected chi connectivity index (χ0v) is 17.1. The second kappa shape index (κ2) is 10.9. The minimum Gasteiger partial charge on any atom is -0.357 e. The third-order valence-corrected chi connectivity index (χ3v) is 4.03. The van der Waals surface area contributed by atoms with E-state index in [0.29, 0.717) is 18.5 Å². The van der Waals surface area contributed by atoms with Gasteiger partial charge in [0.05, 0.1) is 18.2 Å². The smallest absolute Gasteiger partial charge is 0.222 e. The van der Waals surface area contributed by atoms with Crippen LogP contribution in [0.15, 0.2) is 29.3 Å². The summed E-state index contributed by atoms with van der Waals surface area (Å²) in [6.45, 7) is 6.79. The van der Waals surface area contributed by atoms with Crippen LogP contribution in [0.5, 0.6) is 0 Å². The number of hydrogen-bond acceptors (Lipinski definition) is 3. The van der Waals surface area contributed by atoms with Gasteiger partial charge in [-0.05, 0) is 31.0 Å². The minimum atomic E-state index is 0. The molecule has 1 heterocycles. The lowest BCUT2D eigenvalue weighted by Crippen LogP contribution is -2.45. The molecule has 1 unspecified atom stereocenters. The summed E-state index contributed by atoms with van der Waals surface area (Å²) in [6, 6.07) is 9.79. The summed E-state index contributed by atoms with van der Waals surface area (Å²) < 4.78 is 0. The highest BCUT2D eigenvalue weighted by Gasteiger charge is 2.25. The molecule has 1 aliphatic heterocycles. The average Bonchev–Trinajstić information content (AvgIpc) is 3.08. The summed E-state index contributed by atoms with van der Waals surface area (Å²) in [7, 11) is 0. The van der Waals surface area contributed by atoms with Gasteiger partial charge in [0.15, 0.2) is 5.96 Å². The van der Waals surface area contributed by atoms with E-state index < -0.39 is 0 Å². The highest BCUT2D eigenvalue weighted by molar-refractivity contribution is 14.0. The first kappa shape index (κ1) is 21.2. The number of likely N-dealkylation sites (tertiary alicyclic amines) is 1. The molecule has 1 atom stereocenters. The van der Waals surface area contributed by atoms with E-state index in [1.165, 1.54) is 0 Å². The lowest BCUT2D eigenvalue weighted by atomic mass is 10.1. The quantitative estimate of drug-likeness (QED) is 0.406. The number of carbonyl (C=O) groups is 1. The number of nitrogens with one attached hydrogen (secondary N) is 2. The van der Waals surface area contributed by atoms with E-state index in [-0.39, 0.29) is 35.9 Å². The summed E-state index contributed by atoms with van der Waals surface area (Å²) in [5.41, 5.74) is 1.71. The Balaban J connectivity index is 0.00000312. The molecule has 6 nitrogen and oxygen atoms in total. The monoisotopic (exact) mass is 455 g/mol. The number of carbonyl (C=O) groups excluding carboxylic acids is 1. The number of benzene rings is 1. The van der Waals surface area contributed by atoms with Crippen LogP contribution < -0.4 is 10.6 Å². The Morgan fingerprint density at radius 3 is 2.68 bits per heavy atom. The molecule has 136 valence electrons. The van der Waals surface area contributed by atoms with Crippen LogP contribution in [-0.4, -0.2) is 42.4 Å². The van der Waals surface area contributed by atoms with Crippen molar-refractivity contribution >= 4 is 35.8 Å². The maximum Gasteiger partial charge on any atom is 0.222 e. The normalized spacial score (nSPS) is 16.8. The average molecular weight is 455 g/mol. The van der Waals surface area contributed by atoms with E-state index in [4.69, 9.17) is 5.26 Å². The molecule has 1 saturated heterocycles. The first-order chi connectivity index (χ1) is 11.7. The number of hydrogen-bond donors (Lipinski definition) is 2. The number of aliphatic imine (C=N–C) groups is 1. The fraction of sp³-hybridized carbons (Fsp3) is 0.500. The Morgan fingerprint density at radius 1 is 1.36 bits per heavy atom. The van der Waals surface area contributed by atoms with Crippen LogP contribution in [0.4, 0.5) is 0 Å². The maximum atomic E-state index is 11.8. The summed E-state index contributed by atoms with van der Waals surface area (Å²) in [4.78, 5) is 18.3. The van der Waals surface area contributed by atoms with E-state index in [1.54, 1.807) is 12.1 Å². The Labute approximate surface area is 166 Å². The molecular weight excluding hydrogens is 429 g/mol. The number of nitrogens with zero attached hydrogens (tertiary/aromatic N) is 3. The molecule has 0 aromatic heterocycles. The van der Waals surface area contributed by atoms with Crippen LogP contribution in [0.3, 0.4) is 0 Å². The van der Waals surface area contributed by atoms with Gasteiger partial charge in [-0.15, -0.1) is 24.0 Å². The van der Waals surface area contributed by atoms with Crippen molar-refractivity contribution in [2.75, 3.05) is 19.6 Å². The highest BCUT2D eigenvalue weighted by Crippen LogP contribution is 2.10. The molecule has 2 N–H and O–H groups in total. The molecule has 1 aromatic carbocycles. The molecule has 0 radical (unpaired) electrons. The van der Waals surface area contributed by atoms with Gasteiger partial charge >= 0.3 is 0 Å². The largest absolute Gasteiger partial charge is 0.357 e. The van der Waals surface area contributed by atoms with Crippen LogP contribution >= 0.6 is 24.0 Å². The Morgan fingerprint density at radius 2 is 2.08 bits per heavy atom. The van der Waals surface area contributed by atoms with E-state index in [0.717, 1.165) is 37.6 Å². The van der Waals surface area contributed by atoms with Crippen molar-refractivity contribution < 1.29 is 4.79 Å². The molecule has 7 heteroatoms. The number of amides is 1. The van der Waals surface area contributed by atoms with Crippen molar-refractivity contribution in [3.63, 3.8) is 0 Å². The fourth-order valence-electron chi connectivity index (χ4n) is 2.70. The number of nitriles is 1. The summed E-state index contributed by atoms with van der Waals surface area (Å²) >= 11 is 0. The molecule has 1 fully saturated rings. The van der Waals surface area contributed by atoms with Crippen LogP contribution in [-0.2, 0) is 11.3 Å². The van der Waals surface area contributed by atoms with E-state index in [2.05, 4.69) is 21.7 Å². The van der Waals surface area contributed by atoms with Gasteiger partial charge in [0.1, 0.15) is 0 Å². The standard InChI is InChI=1S/C18H25N5O.HI/c1-3-17(24)23-10-9-16(13-23)22-18(20-4-2)21-12-15-7-5-14(11-19)6-8-15;/h5-8,16H,3-4,9-10,12-13H2,1-2H3,(H2,20,21,22);1H. The van der Waals surface area contributed by atoms with E-state index in [9.17, 15) is 4.79 Å². The van der Waals surface area contributed by atoms with Gasteiger partial charge in [-0.1, -0.05) is 19.1 Å². The number of rotatable bonds is 5. The zero-order chi connectivity index (χ0) is 17.4. The van der Waals surface area contributed by atoms with Gasteiger partial charge in [-0.25, -0.2) is 4.99 Å². The number of guanidine groups is 1. The van der Waals surface area contributed by atoms with Crippen LogP contribution in [0, 0.1) is 11.3 Å². The molecule has 0 spiro atoms. The summed E-state index contributed by atoms with van der Waals surface area (Å²) in [5, 5.41) is 15.5. The maximum absolute atomic E-state index is 11.8. The third kappa shape index (κ3) is 6.53. The van der Waals surface area contributed by atoms with Crippen molar-refractivity contribution in [1.29, 1.82) is 5.26 Å². The highest BCUT2D eigenvalue weighted by atomic mass is 127. The Bertz CT molecular complexity index is 623. The first-order valence-corrected chi connectivity index (χ1v) is 8.48. The van der Waals surface area contributed by atoms with Gasteiger partial charge in [0, 0.05) is 32.1 Å². The SMILES string of the molecule is CCNC(=NCc1ccc(C#N)cc1)NC1CCN(C(=O)CC)C1.I. The van der Waals surface area contributed by atoms with Crippen LogP contribution in [0.2, 0.25) is 0 Å². The summed E-state index contributed by atoms with van der Waals surface area (Å²) in [6.07, 6.45) is 1.49. The molecule has 25 heavy (non-hydrogen) atoms. The molecule has 1 aromatic rings. The topological polar surface area (TPSA) is 80.5 Å². The van der Waals surface area contributed by atoms with Crippen molar-refractivity contribution in [2.24, 2.45) is 4.99 Å². The van der Waals surface area contributed by atoms with E-state index >= 15 is 0 Å². The minimum absolute atomic E-state index is 0. The Kier molecular flexibility index (Phi) is 9.27. The lowest BCUT2D eigenvalue weighted by molar-refractivity contribution is -0.129. The van der Waals surface area contributed by atoms with Gasteiger partial charge < -0.3 is 15.5 Å². The van der Waals surface area contributed by atoms with Crippen molar-refractivity contribution in [3.05, 3.63) is 35.4 Å². The van der Waals surface area contributed by atoms with Gasteiger partial charge in [-0.3, -0.25) is 4.79 Å². The Hall–Kier alpha value is -1.82. The van der Waals surface area contributed by atoms with Crippen molar-refractivity contribution in [2.45, 2.75) is 39.3 Å². The summed E-state index contributed by atoms with van der Waals surface area (Å²) in [5.74, 6) is 0.969. The predicted molar refractivity (Wildman–Crippen MR) is 110 cm³/mol. The fourth-order valence-corrected chi connectivity index (χ4v) is 2.70. The second-order valence-corrected chi connectivity index (χ2v) is 5.83. The zero-order valence-electron chi connectivity index (χ0n) is 14.8. The van der Waals surface area contributed by atoms with Crippen LogP contribution in [0.1, 0.15) is 37.8 Å². The van der Waals surface area contributed by atoms with Gasteiger partial charge in [-0.2, -0.15) is 5.26 Å². The molecular formula is C18H26IN5O. The van der Waals surface area contributed by atoms with Gasteiger partial charge in [0.25, 0.3) is 0 Å². The number of halogens is 1. The molecule has 0 bridgehead atoms. The third-order valence-electron chi connectivity index (χ3n) is 4.03. The van der Waals surface area contributed by atoms with Crippen molar-refractivity contribution in [3.8, 4) is 6.07 Å². The molecule has 0 saturated carbocycles.